The van der Waals surface area contributed by atoms with E-state index in [4.69, 9.17) is 9.72 Å². The Kier molecular flexibility index (Phi) is 7.52. The molecule has 4 heteroatoms. The van der Waals surface area contributed by atoms with Crippen molar-refractivity contribution in [2.75, 3.05) is 19.7 Å². The minimum atomic E-state index is -0.145. The van der Waals surface area contributed by atoms with Gasteiger partial charge in [0.15, 0.2) is 5.78 Å². The zero-order chi connectivity index (χ0) is 21.6. The number of unbranched alkanes of at least 4 members (excludes halogenated alkanes) is 1. The van der Waals surface area contributed by atoms with Crippen LogP contribution in [-0.2, 0) is 28.8 Å². The van der Waals surface area contributed by atoms with Crippen molar-refractivity contribution in [3.05, 3.63) is 65.0 Å². The fraction of sp³-hybridized carbons (Fsp3) is 0.556. The van der Waals surface area contributed by atoms with Crippen molar-refractivity contribution in [1.82, 2.24) is 9.88 Å². The third-order valence-electron chi connectivity index (χ3n) is 6.79. The van der Waals surface area contributed by atoms with Crippen LogP contribution in [0.2, 0.25) is 0 Å². The van der Waals surface area contributed by atoms with Crippen LogP contribution in [0.1, 0.15) is 68.1 Å². The highest BCUT2D eigenvalue weighted by atomic mass is 16.5. The van der Waals surface area contributed by atoms with Gasteiger partial charge in [-0.15, -0.1) is 0 Å². The van der Waals surface area contributed by atoms with E-state index in [1.807, 2.05) is 18.2 Å². The molecule has 4 rings (SSSR count). The summed E-state index contributed by atoms with van der Waals surface area (Å²) < 4.78 is 6.17. The lowest BCUT2D eigenvalue weighted by molar-refractivity contribution is -0.122. The predicted molar refractivity (Wildman–Crippen MR) is 124 cm³/mol. The van der Waals surface area contributed by atoms with Gasteiger partial charge in [-0.05, 0) is 75.0 Å². The van der Waals surface area contributed by atoms with E-state index in [2.05, 4.69) is 36.1 Å². The van der Waals surface area contributed by atoms with E-state index in [0.29, 0.717) is 0 Å². The first-order chi connectivity index (χ1) is 15.1. The number of aromatic nitrogens is 1. The van der Waals surface area contributed by atoms with Gasteiger partial charge in [-0.3, -0.25) is 14.7 Å². The zero-order valence-corrected chi connectivity index (χ0v) is 19.1. The van der Waals surface area contributed by atoms with Gasteiger partial charge in [0.2, 0.25) is 0 Å². The highest BCUT2D eigenvalue weighted by Gasteiger charge is 2.32. The molecule has 166 valence electrons. The Hall–Kier alpha value is -2.04. The fourth-order valence-electron chi connectivity index (χ4n) is 5.10. The molecule has 4 nitrogen and oxygen atoms in total. The molecular formula is C27H36N2O2. The Bertz CT molecular complexity index is 867. The molecule has 1 aliphatic carbocycles. The number of hydrogen-bond acceptors (Lipinski definition) is 4. The monoisotopic (exact) mass is 420 g/mol. The quantitative estimate of drug-likeness (QED) is 0.538. The number of likely N-dealkylation sites (tertiary alicyclic amines) is 1. The number of ketones is 1. The first-order valence-corrected chi connectivity index (χ1v) is 12.0. The number of aryl methyl sites for hydroxylation is 2. The van der Waals surface area contributed by atoms with E-state index in [1.54, 1.807) is 6.92 Å². The second-order valence-corrected chi connectivity index (χ2v) is 9.41. The summed E-state index contributed by atoms with van der Waals surface area (Å²) in [5.41, 5.74) is 5.10. The number of hydrogen-bond donors (Lipinski definition) is 0. The van der Waals surface area contributed by atoms with Crippen LogP contribution in [-0.4, -0.2) is 41.5 Å². The first kappa shape index (κ1) is 22.2. The summed E-state index contributed by atoms with van der Waals surface area (Å²) in [7, 11) is 0. The van der Waals surface area contributed by atoms with Gasteiger partial charge in [-0.2, -0.15) is 0 Å². The number of rotatable bonds is 9. The van der Waals surface area contributed by atoms with E-state index in [-0.39, 0.29) is 17.9 Å². The van der Waals surface area contributed by atoms with Gasteiger partial charge >= 0.3 is 0 Å². The van der Waals surface area contributed by atoms with Crippen molar-refractivity contribution < 1.29 is 9.53 Å². The van der Waals surface area contributed by atoms with Crippen LogP contribution in [0.4, 0.5) is 0 Å². The topological polar surface area (TPSA) is 42.4 Å². The fourth-order valence-corrected chi connectivity index (χ4v) is 5.10. The molecule has 2 aliphatic rings. The summed E-state index contributed by atoms with van der Waals surface area (Å²) in [6.45, 7) is 6.58. The Morgan fingerprint density at radius 1 is 1.16 bits per heavy atom. The molecule has 0 amide bonds. The van der Waals surface area contributed by atoms with Gasteiger partial charge in [0, 0.05) is 31.1 Å². The summed E-state index contributed by atoms with van der Waals surface area (Å²) in [6.07, 6.45) is 8.02. The summed E-state index contributed by atoms with van der Waals surface area (Å²) in [6, 6.07) is 14.5. The van der Waals surface area contributed by atoms with Crippen molar-refractivity contribution in [2.24, 2.45) is 5.92 Å². The number of pyridine rings is 1. The Morgan fingerprint density at radius 3 is 2.81 bits per heavy atom. The minimum absolute atomic E-state index is 0.145. The number of carbonyl (C=O) groups excluding carboxylic acids is 1. The van der Waals surface area contributed by atoms with E-state index < -0.39 is 0 Å². The highest BCUT2D eigenvalue weighted by Crippen LogP contribution is 2.27. The van der Waals surface area contributed by atoms with Gasteiger partial charge in [0.1, 0.15) is 0 Å². The van der Waals surface area contributed by atoms with Crippen LogP contribution in [0, 0.1) is 5.92 Å². The molecule has 31 heavy (non-hydrogen) atoms. The summed E-state index contributed by atoms with van der Waals surface area (Å²) in [5, 5.41) is 0. The van der Waals surface area contributed by atoms with E-state index >= 15 is 0 Å². The molecule has 1 fully saturated rings. The zero-order valence-electron chi connectivity index (χ0n) is 19.1. The molecule has 0 N–H and O–H groups in total. The van der Waals surface area contributed by atoms with E-state index in [0.717, 1.165) is 63.3 Å². The molecule has 2 heterocycles. The Balaban J connectivity index is 1.19. The van der Waals surface area contributed by atoms with Crippen LogP contribution >= 0.6 is 0 Å². The highest BCUT2D eigenvalue weighted by molar-refractivity contribution is 5.83. The maximum atomic E-state index is 12.3. The van der Waals surface area contributed by atoms with Crippen LogP contribution < -0.4 is 0 Å². The maximum absolute atomic E-state index is 12.3. The number of carbonyl (C=O) groups is 1. The van der Waals surface area contributed by atoms with Crippen molar-refractivity contribution in [3.63, 3.8) is 0 Å². The molecular weight excluding hydrogens is 384 g/mol. The standard InChI is InChI=1S/C27H36N2O2/c1-20-11-14-26-23(18-20)12-13-24(28-26)10-6-7-17-31-25-15-16-29(19-25)27(21(2)30)22-8-4-3-5-9-22/h3-5,8-9,12-13,20,25,27H,6-7,10-11,14-19H2,1-2H3/t20?,25-,27-/m1/s1. The second kappa shape index (κ2) is 10.5. The average Bonchev–Trinajstić information content (AvgIpc) is 3.22. The molecule has 1 saturated heterocycles. The normalized spacial score (nSPS) is 22.3. The molecule has 1 aromatic heterocycles. The maximum Gasteiger partial charge on any atom is 0.151 e. The van der Waals surface area contributed by atoms with E-state index in [9.17, 15) is 4.79 Å². The van der Waals surface area contributed by atoms with Gasteiger partial charge in [-0.25, -0.2) is 0 Å². The predicted octanol–water partition coefficient (Wildman–Crippen LogP) is 4.95. The van der Waals surface area contributed by atoms with Gasteiger partial charge in [-0.1, -0.05) is 43.3 Å². The third kappa shape index (κ3) is 5.81. The summed E-state index contributed by atoms with van der Waals surface area (Å²) >= 11 is 0. The largest absolute Gasteiger partial charge is 0.377 e. The van der Waals surface area contributed by atoms with Crippen LogP contribution in [0.15, 0.2) is 42.5 Å². The SMILES string of the molecule is CC(=O)[C@H](c1ccccc1)N1CC[C@@H](OCCCCc2ccc3c(n2)CCC(C)C3)C1. The van der Waals surface area contributed by atoms with E-state index in [1.165, 1.54) is 29.8 Å². The molecule has 1 aromatic carbocycles. The number of ether oxygens (including phenoxy) is 1. The molecule has 0 bridgehead atoms. The van der Waals surface area contributed by atoms with Crippen LogP contribution in [0.25, 0.3) is 0 Å². The molecule has 0 saturated carbocycles. The molecule has 0 radical (unpaired) electrons. The van der Waals surface area contributed by atoms with Gasteiger partial charge < -0.3 is 4.74 Å². The van der Waals surface area contributed by atoms with Crippen molar-refractivity contribution in [2.45, 2.75) is 70.9 Å². The van der Waals surface area contributed by atoms with Gasteiger partial charge in [0.05, 0.1) is 12.1 Å². The number of Topliss-reactive ketones (excluding diaryl/α,β-unsaturated/α-hetero) is 1. The second-order valence-electron chi connectivity index (χ2n) is 9.41. The lowest BCUT2D eigenvalue weighted by Gasteiger charge is -2.26. The molecule has 0 spiro atoms. The molecule has 2 aromatic rings. The number of fused-ring (bicyclic) bond motifs is 1. The minimum Gasteiger partial charge on any atom is -0.377 e. The Morgan fingerprint density at radius 2 is 2.00 bits per heavy atom. The van der Waals surface area contributed by atoms with Crippen molar-refractivity contribution in [1.29, 1.82) is 0 Å². The Labute approximate surface area is 187 Å². The van der Waals surface area contributed by atoms with Crippen LogP contribution in [0.3, 0.4) is 0 Å². The molecule has 1 aliphatic heterocycles. The molecule has 3 atom stereocenters. The smallest absolute Gasteiger partial charge is 0.151 e. The third-order valence-corrected chi connectivity index (χ3v) is 6.79. The first-order valence-electron chi connectivity index (χ1n) is 12.0. The number of benzene rings is 1. The lowest BCUT2D eigenvalue weighted by atomic mass is 9.88. The molecule has 1 unspecified atom stereocenters. The average molecular weight is 421 g/mol. The summed E-state index contributed by atoms with van der Waals surface area (Å²) in [5.74, 6) is 1.00. The lowest BCUT2D eigenvalue weighted by Crippen LogP contribution is -2.32. The van der Waals surface area contributed by atoms with Crippen LogP contribution in [0.5, 0.6) is 0 Å². The number of nitrogens with zero attached hydrogens (tertiary/aromatic N) is 2. The van der Waals surface area contributed by atoms with Gasteiger partial charge in [0.25, 0.3) is 0 Å². The van der Waals surface area contributed by atoms with Crippen molar-refractivity contribution >= 4 is 5.78 Å². The summed E-state index contributed by atoms with van der Waals surface area (Å²) in [4.78, 5) is 19.5. The van der Waals surface area contributed by atoms with Crippen molar-refractivity contribution in [3.8, 4) is 0 Å².